The van der Waals surface area contributed by atoms with Gasteiger partial charge in [-0.2, -0.15) is 12.6 Å². The van der Waals surface area contributed by atoms with Gasteiger partial charge in [0, 0.05) is 23.9 Å². The van der Waals surface area contributed by atoms with Crippen LogP contribution in [0.25, 0.3) is 0 Å². The highest BCUT2D eigenvalue weighted by Crippen LogP contribution is 2.22. The number of nitrogens with one attached hydrogen (secondary N) is 1. The third-order valence-electron chi connectivity index (χ3n) is 4.49. The molecular formula is C20H24N2O7S. The van der Waals surface area contributed by atoms with Crippen LogP contribution < -0.4 is 5.32 Å². The van der Waals surface area contributed by atoms with E-state index in [9.17, 15) is 19.2 Å². The minimum absolute atomic E-state index is 0.0384. The zero-order chi connectivity index (χ0) is 22.3. The van der Waals surface area contributed by atoms with Crippen molar-refractivity contribution < 1.29 is 33.4 Å². The minimum Gasteiger partial charge on any atom is -0.465 e. The topological polar surface area (TPSA) is 111 Å². The quantitative estimate of drug-likeness (QED) is 0.290. The molecule has 0 aliphatic carbocycles. The summed E-state index contributed by atoms with van der Waals surface area (Å²) in [6.07, 6.45) is 1.53. The van der Waals surface area contributed by atoms with Gasteiger partial charge in [0.15, 0.2) is 0 Å². The van der Waals surface area contributed by atoms with Crippen LogP contribution in [0, 0.1) is 0 Å². The van der Waals surface area contributed by atoms with Gasteiger partial charge in [0.1, 0.15) is 6.61 Å². The average Bonchev–Trinajstić information content (AvgIpc) is 3.14. The maximum Gasteiger partial charge on any atom is 0.410 e. The van der Waals surface area contributed by atoms with E-state index >= 15 is 0 Å². The number of hydrogen-bond acceptors (Lipinski definition) is 8. The van der Waals surface area contributed by atoms with Crippen LogP contribution in [0.4, 0.5) is 4.79 Å². The highest BCUT2D eigenvalue weighted by atomic mass is 32.1. The lowest BCUT2D eigenvalue weighted by Crippen LogP contribution is -2.43. The van der Waals surface area contributed by atoms with Gasteiger partial charge in [0.2, 0.25) is 0 Å². The predicted octanol–water partition coefficient (Wildman–Crippen LogP) is 1.68. The standard InChI is InChI=1S/C20H24N2O7S/c1-4-5-29-20(26)22-11-16(30)9-15(22)10-21-17(23)12-6-13(18(24)27-2)8-14(7-12)19(25)28-3/h4,6-8,15-16,30H,1,5,9-11H2,2-3H3,(H,21,23)/t15-,16-/m0/s1. The lowest BCUT2D eigenvalue weighted by molar-refractivity contribution is 0.0599. The normalized spacial score (nSPS) is 17.8. The van der Waals surface area contributed by atoms with Crippen molar-refractivity contribution in [1.82, 2.24) is 10.2 Å². The van der Waals surface area contributed by atoms with Crippen LogP contribution in [-0.4, -0.2) is 74.0 Å². The molecule has 2 atom stereocenters. The largest absolute Gasteiger partial charge is 0.465 e. The van der Waals surface area contributed by atoms with E-state index in [1.54, 1.807) is 0 Å². The number of thiol groups is 1. The second-order valence-electron chi connectivity index (χ2n) is 6.55. The number of likely N-dealkylation sites (tertiary alicyclic amines) is 1. The fourth-order valence-electron chi connectivity index (χ4n) is 3.06. The molecule has 0 spiro atoms. The van der Waals surface area contributed by atoms with Crippen LogP contribution in [-0.2, 0) is 14.2 Å². The Morgan fingerprint density at radius 1 is 1.13 bits per heavy atom. The first-order valence-corrected chi connectivity index (χ1v) is 9.64. The van der Waals surface area contributed by atoms with E-state index in [4.69, 9.17) is 4.74 Å². The fourth-order valence-corrected chi connectivity index (χ4v) is 3.48. The molecule has 1 saturated heterocycles. The molecule has 0 unspecified atom stereocenters. The fraction of sp³-hybridized carbons (Fsp3) is 0.400. The van der Waals surface area contributed by atoms with Crippen molar-refractivity contribution in [3.63, 3.8) is 0 Å². The molecule has 10 heteroatoms. The molecule has 1 aromatic carbocycles. The Labute approximate surface area is 179 Å². The van der Waals surface area contributed by atoms with Crippen LogP contribution in [0.3, 0.4) is 0 Å². The molecule has 1 N–H and O–H groups in total. The number of methoxy groups -OCH3 is 2. The highest BCUT2D eigenvalue weighted by molar-refractivity contribution is 7.81. The molecule has 0 bridgehead atoms. The summed E-state index contributed by atoms with van der Waals surface area (Å²) >= 11 is 4.42. The summed E-state index contributed by atoms with van der Waals surface area (Å²) in [6, 6.07) is 3.62. The van der Waals surface area contributed by atoms with Crippen molar-refractivity contribution in [3.05, 3.63) is 47.5 Å². The first-order valence-electron chi connectivity index (χ1n) is 9.13. The number of nitrogens with zero attached hydrogens (tertiary/aromatic N) is 1. The summed E-state index contributed by atoms with van der Waals surface area (Å²) in [5, 5.41) is 2.68. The van der Waals surface area contributed by atoms with Crippen LogP contribution in [0.2, 0.25) is 0 Å². The minimum atomic E-state index is -0.695. The number of rotatable bonds is 7. The Morgan fingerprint density at radius 3 is 2.23 bits per heavy atom. The van der Waals surface area contributed by atoms with Gasteiger partial charge < -0.3 is 24.4 Å². The molecule has 9 nitrogen and oxygen atoms in total. The van der Waals surface area contributed by atoms with Crippen LogP contribution >= 0.6 is 12.6 Å². The van der Waals surface area contributed by atoms with Gasteiger partial charge >= 0.3 is 18.0 Å². The maximum absolute atomic E-state index is 12.7. The second kappa shape index (κ2) is 10.7. The third kappa shape index (κ3) is 5.76. The monoisotopic (exact) mass is 436 g/mol. The summed E-state index contributed by atoms with van der Waals surface area (Å²) in [4.78, 5) is 50.1. The summed E-state index contributed by atoms with van der Waals surface area (Å²) in [5.41, 5.74) is 0.160. The van der Waals surface area contributed by atoms with E-state index in [2.05, 4.69) is 34.0 Å². The lowest BCUT2D eigenvalue weighted by atomic mass is 10.0. The Hall–Kier alpha value is -3.01. The van der Waals surface area contributed by atoms with Gasteiger partial charge in [-0.3, -0.25) is 4.79 Å². The van der Waals surface area contributed by atoms with Crippen LogP contribution in [0.15, 0.2) is 30.9 Å². The Bertz CT molecular complexity index is 808. The summed E-state index contributed by atoms with van der Waals surface area (Å²) in [6.45, 7) is 4.13. The molecule has 1 aliphatic heterocycles. The Morgan fingerprint density at radius 2 is 1.70 bits per heavy atom. The average molecular weight is 436 g/mol. The van der Waals surface area contributed by atoms with Gasteiger partial charge in [-0.1, -0.05) is 12.7 Å². The summed E-state index contributed by atoms with van der Waals surface area (Å²) in [7, 11) is 2.39. The van der Waals surface area contributed by atoms with E-state index in [0.717, 1.165) is 0 Å². The number of amides is 2. The molecule has 30 heavy (non-hydrogen) atoms. The van der Waals surface area contributed by atoms with Gasteiger partial charge in [0.05, 0.1) is 31.4 Å². The van der Waals surface area contributed by atoms with Crippen molar-refractivity contribution in [2.75, 3.05) is 33.9 Å². The van der Waals surface area contributed by atoms with Crippen LogP contribution in [0.5, 0.6) is 0 Å². The molecule has 1 fully saturated rings. The van der Waals surface area contributed by atoms with Gasteiger partial charge in [-0.25, -0.2) is 14.4 Å². The van der Waals surface area contributed by atoms with E-state index in [-0.39, 0.29) is 41.1 Å². The van der Waals surface area contributed by atoms with Crippen LogP contribution in [0.1, 0.15) is 37.5 Å². The molecular weight excluding hydrogens is 412 g/mol. The highest BCUT2D eigenvalue weighted by Gasteiger charge is 2.34. The maximum atomic E-state index is 12.7. The van der Waals surface area contributed by atoms with Crippen molar-refractivity contribution >= 4 is 36.6 Å². The predicted molar refractivity (Wildman–Crippen MR) is 111 cm³/mol. The van der Waals surface area contributed by atoms with E-state index in [0.29, 0.717) is 13.0 Å². The molecule has 0 saturated carbocycles. The SMILES string of the molecule is C=CCOC(=O)N1C[C@@H](S)C[C@H]1CNC(=O)c1cc(C(=O)OC)cc(C(=O)OC)c1. The Kier molecular flexibility index (Phi) is 8.28. The van der Waals surface area contributed by atoms with Crippen molar-refractivity contribution in [1.29, 1.82) is 0 Å². The molecule has 0 radical (unpaired) electrons. The Balaban J connectivity index is 2.14. The molecule has 1 aliphatic rings. The molecule has 2 amide bonds. The van der Waals surface area contributed by atoms with Crippen molar-refractivity contribution in [2.45, 2.75) is 17.7 Å². The number of benzene rings is 1. The summed E-state index contributed by atoms with van der Waals surface area (Å²) in [5.74, 6) is -1.91. The molecule has 2 rings (SSSR count). The molecule has 162 valence electrons. The molecule has 1 aromatic rings. The number of ether oxygens (including phenoxy) is 3. The van der Waals surface area contributed by atoms with E-state index in [1.807, 2.05) is 0 Å². The second-order valence-corrected chi connectivity index (χ2v) is 7.28. The zero-order valence-electron chi connectivity index (χ0n) is 16.8. The number of carbonyl (C=O) groups excluding carboxylic acids is 4. The number of esters is 2. The smallest absolute Gasteiger partial charge is 0.410 e. The number of carbonyl (C=O) groups is 4. The first kappa shape index (κ1) is 23.3. The zero-order valence-corrected chi connectivity index (χ0v) is 17.6. The van der Waals surface area contributed by atoms with Gasteiger partial charge in [-0.05, 0) is 24.6 Å². The van der Waals surface area contributed by atoms with E-state index in [1.165, 1.54) is 43.4 Å². The van der Waals surface area contributed by atoms with Gasteiger partial charge in [0.25, 0.3) is 5.91 Å². The number of hydrogen-bond donors (Lipinski definition) is 2. The van der Waals surface area contributed by atoms with Crippen molar-refractivity contribution in [2.24, 2.45) is 0 Å². The lowest BCUT2D eigenvalue weighted by Gasteiger charge is -2.24. The first-order chi connectivity index (χ1) is 14.3. The molecule has 1 heterocycles. The van der Waals surface area contributed by atoms with Crippen molar-refractivity contribution in [3.8, 4) is 0 Å². The molecule has 0 aromatic heterocycles. The third-order valence-corrected chi connectivity index (χ3v) is 4.86. The van der Waals surface area contributed by atoms with E-state index < -0.39 is 23.9 Å². The van der Waals surface area contributed by atoms with Gasteiger partial charge in [-0.15, -0.1) is 0 Å². The summed E-state index contributed by atoms with van der Waals surface area (Å²) < 4.78 is 14.4.